The van der Waals surface area contributed by atoms with E-state index in [1.54, 1.807) is 24.3 Å². The third-order valence-corrected chi connectivity index (χ3v) is 13.8. The molecule has 0 aromatic heterocycles. The van der Waals surface area contributed by atoms with Crippen LogP contribution in [-0.2, 0) is 25.7 Å². The van der Waals surface area contributed by atoms with Crippen molar-refractivity contribution in [3.8, 4) is 17.2 Å². The second-order valence-corrected chi connectivity index (χ2v) is 18.0. The van der Waals surface area contributed by atoms with E-state index in [1.165, 1.54) is 25.0 Å². The predicted octanol–water partition coefficient (Wildman–Crippen LogP) is 9.03. The fourth-order valence-electron chi connectivity index (χ4n) is 10.8. The molecule has 1 aliphatic heterocycles. The van der Waals surface area contributed by atoms with E-state index in [-0.39, 0.29) is 88.6 Å². The van der Waals surface area contributed by atoms with Crippen molar-refractivity contribution in [2.75, 3.05) is 46.2 Å². The highest BCUT2D eigenvalue weighted by Crippen LogP contribution is 2.62. The van der Waals surface area contributed by atoms with E-state index in [4.69, 9.17) is 28.9 Å². The first-order valence-electron chi connectivity index (χ1n) is 23.9. The maximum absolute atomic E-state index is 15.0. The van der Waals surface area contributed by atoms with Crippen LogP contribution in [0.1, 0.15) is 101 Å². The quantitative estimate of drug-likeness (QED) is 0.0303. The Balaban J connectivity index is 1.41. The number of oxime groups is 1. The van der Waals surface area contributed by atoms with Crippen LogP contribution in [-0.4, -0.2) is 94.8 Å². The SMILES string of the molecule is C=CCO[C@@]12Oc3ccc(Oc4cccc([N+](=O)[O-])c4)cc3[C@H]3[C@H](CCCCO)[C@@H](CCCCO)C=C(C(=NOCc4ccccc4)C[C@@H]1N(CCOCCO)C(=O)CCC1CCCC1)[C@H]32. The number of hydrogen-bond acceptors (Lipinski definition) is 12. The number of ether oxygens (including phenoxy) is 4. The molecule has 0 unspecified atom stereocenters. The largest absolute Gasteiger partial charge is 0.459 e. The van der Waals surface area contributed by atoms with Gasteiger partial charge in [-0.05, 0) is 85.3 Å². The Morgan fingerprint density at radius 3 is 2.44 bits per heavy atom. The summed E-state index contributed by atoms with van der Waals surface area (Å²) in [5.41, 5.74) is 3.32. The molecule has 3 N–H and O–H groups in total. The molecule has 1 heterocycles. The Bertz CT molecular complexity index is 2120. The van der Waals surface area contributed by atoms with Crippen molar-refractivity contribution in [1.82, 2.24) is 4.90 Å². The van der Waals surface area contributed by atoms with Gasteiger partial charge in [0.05, 0.1) is 49.0 Å². The number of carbonyl (C=O) groups is 1. The summed E-state index contributed by atoms with van der Waals surface area (Å²) in [6.07, 6.45) is 14.3. The summed E-state index contributed by atoms with van der Waals surface area (Å²) >= 11 is 0. The number of amides is 1. The van der Waals surface area contributed by atoms with E-state index >= 15 is 0 Å². The molecule has 3 aromatic carbocycles. The lowest BCUT2D eigenvalue weighted by Crippen LogP contribution is -2.70. The summed E-state index contributed by atoms with van der Waals surface area (Å²) in [5.74, 6) is -0.497. The lowest BCUT2D eigenvalue weighted by atomic mass is 9.55. The van der Waals surface area contributed by atoms with Gasteiger partial charge in [-0.1, -0.05) is 92.2 Å². The highest BCUT2D eigenvalue weighted by Gasteiger charge is 2.65. The van der Waals surface area contributed by atoms with Crippen molar-refractivity contribution in [3.05, 3.63) is 118 Å². The van der Waals surface area contributed by atoms with Gasteiger partial charge in [-0.2, -0.15) is 0 Å². The maximum Gasteiger partial charge on any atom is 0.273 e. The van der Waals surface area contributed by atoms with Gasteiger partial charge in [-0.15, -0.1) is 6.58 Å². The summed E-state index contributed by atoms with van der Waals surface area (Å²) in [4.78, 5) is 34.3. The Hall–Kier alpha value is -5.12. The van der Waals surface area contributed by atoms with Gasteiger partial charge in [-0.3, -0.25) is 14.9 Å². The minimum Gasteiger partial charge on any atom is -0.459 e. The molecule has 7 rings (SSSR count). The van der Waals surface area contributed by atoms with Crippen molar-refractivity contribution < 1.29 is 48.8 Å². The van der Waals surface area contributed by atoms with Crippen molar-refractivity contribution in [3.63, 3.8) is 0 Å². The van der Waals surface area contributed by atoms with Crippen LogP contribution in [0.4, 0.5) is 5.69 Å². The first kappa shape index (κ1) is 48.8. The molecule has 3 aromatic rings. The van der Waals surface area contributed by atoms with Gasteiger partial charge in [0.2, 0.25) is 11.7 Å². The molecule has 0 radical (unpaired) electrons. The number of carbonyl (C=O) groups excluding carboxylic acids is 1. The van der Waals surface area contributed by atoms with Crippen LogP contribution in [0.2, 0.25) is 0 Å². The fraction of sp³-hybridized carbons (Fsp3) is 0.538. The number of allylic oxidation sites excluding steroid dienone is 1. The molecule has 0 bridgehead atoms. The Kier molecular flexibility index (Phi) is 17.8. The number of rotatable bonds is 26. The third-order valence-electron chi connectivity index (χ3n) is 13.8. The monoisotopic (exact) mass is 909 g/mol. The van der Waals surface area contributed by atoms with Crippen molar-refractivity contribution in [2.24, 2.45) is 28.8 Å². The number of aliphatic hydroxyl groups is 3. The molecule has 0 spiro atoms. The molecule has 14 heteroatoms. The van der Waals surface area contributed by atoms with E-state index in [2.05, 4.69) is 12.7 Å². The minimum atomic E-state index is -1.45. The van der Waals surface area contributed by atoms with E-state index in [9.17, 15) is 30.2 Å². The second-order valence-electron chi connectivity index (χ2n) is 18.0. The average Bonchev–Trinajstić information content (AvgIpc) is 3.86. The normalized spacial score (nSPS) is 23.9. The van der Waals surface area contributed by atoms with Crippen molar-refractivity contribution in [2.45, 2.75) is 108 Å². The van der Waals surface area contributed by atoms with Crippen LogP contribution in [0.25, 0.3) is 0 Å². The lowest BCUT2D eigenvalue weighted by molar-refractivity contribution is -0.384. The Morgan fingerprint density at radius 1 is 0.924 bits per heavy atom. The number of benzene rings is 3. The first-order chi connectivity index (χ1) is 32.3. The standard InChI is InChI=1S/C52H67N3O11/c1-2-29-63-52-48(54(25-30-62-31-28-58)49(59)24-21-37-13-6-7-14-37)35-46(53-64-36-38-15-4-3-5-16-38)44-32-39(17-8-10-26-56)43(20-9-11-27-57)50(51(44)52)45-34-42(22-23-47(45)66-52)65-41-19-12-18-40(33-41)55(60)61/h2-5,12,15-16,18-19,22-23,32-34,37,39,43,48,50-51,56-58H,1,6-11,13-14,17,20-21,24-31,35-36H2/t39-,43+,48-,50+,51+,52+/m0/s1. The highest BCUT2D eigenvalue weighted by atomic mass is 16.7. The van der Waals surface area contributed by atoms with Gasteiger partial charge in [0.15, 0.2) is 0 Å². The molecule has 66 heavy (non-hydrogen) atoms. The molecule has 2 saturated carbocycles. The van der Waals surface area contributed by atoms with E-state index in [0.29, 0.717) is 48.1 Å². The van der Waals surface area contributed by atoms with Crippen LogP contribution >= 0.6 is 0 Å². The number of nitrogens with zero attached hydrogens (tertiary/aromatic N) is 3. The fourth-order valence-corrected chi connectivity index (χ4v) is 10.8. The van der Waals surface area contributed by atoms with E-state index in [0.717, 1.165) is 61.6 Å². The first-order valence-corrected chi connectivity index (χ1v) is 23.9. The molecular formula is C52H67N3O11. The van der Waals surface area contributed by atoms with Crippen LogP contribution in [0.15, 0.2) is 102 Å². The van der Waals surface area contributed by atoms with Crippen LogP contribution < -0.4 is 9.47 Å². The second kappa shape index (κ2) is 24.1. The molecule has 14 nitrogen and oxygen atoms in total. The number of nitro benzene ring substituents is 1. The number of nitro groups is 1. The lowest BCUT2D eigenvalue weighted by Gasteiger charge is -2.60. The highest BCUT2D eigenvalue weighted by molar-refractivity contribution is 6.03. The van der Waals surface area contributed by atoms with Crippen molar-refractivity contribution >= 4 is 17.3 Å². The molecular weight excluding hydrogens is 843 g/mol. The third kappa shape index (κ3) is 11.7. The molecule has 1 amide bonds. The average molecular weight is 910 g/mol. The topological polar surface area (TPSA) is 183 Å². The molecule has 6 atom stereocenters. The van der Waals surface area contributed by atoms with Gasteiger partial charge in [0, 0.05) is 50.1 Å². The van der Waals surface area contributed by atoms with Gasteiger partial charge in [0.25, 0.3) is 5.69 Å². The van der Waals surface area contributed by atoms with Gasteiger partial charge >= 0.3 is 0 Å². The Labute approximate surface area is 388 Å². The minimum absolute atomic E-state index is 0.0165. The van der Waals surface area contributed by atoms with E-state index < -0.39 is 22.7 Å². The van der Waals surface area contributed by atoms with Gasteiger partial charge in [0.1, 0.15) is 29.9 Å². The molecule has 2 fully saturated rings. The summed E-state index contributed by atoms with van der Waals surface area (Å²) in [6.45, 7) is 4.91. The number of fused-ring (bicyclic) bond motifs is 2. The smallest absolute Gasteiger partial charge is 0.273 e. The molecule has 356 valence electrons. The molecule has 3 aliphatic carbocycles. The van der Waals surface area contributed by atoms with Crippen LogP contribution in [0.5, 0.6) is 17.2 Å². The zero-order chi connectivity index (χ0) is 46.3. The zero-order valence-corrected chi connectivity index (χ0v) is 38.1. The summed E-state index contributed by atoms with van der Waals surface area (Å²) in [6, 6.07) is 20.8. The van der Waals surface area contributed by atoms with Crippen molar-refractivity contribution in [1.29, 1.82) is 0 Å². The molecule has 4 aliphatic rings. The van der Waals surface area contributed by atoms with Crippen LogP contribution in [0, 0.1) is 33.8 Å². The Morgan fingerprint density at radius 2 is 1.70 bits per heavy atom. The predicted molar refractivity (Wildman–Crippen MR) is 250 cm³/mol. The number of hydrogen-bond donors (Lipinski definition) is 3. The number of unbranched alkanes of at least 4 members (excludes halogenated alkanes) is 2. The molecule has 0 saturated heterocycles. The zero-order valence-electron chi connectivity index (χ0n) is 38.1. The number of non-ortho nitro benzene ring substituents is 1. The summed E-state index contributed by atoms with van der Waals surface area (Å²) in [7, 11) is 0. The van der Waals surface area contributed by atoms with Crippen LogP contribution in [0.3, 0.4) is 0 Å². The maximum atomic E-state index is 15.0. The summed E-state index contributed by atoms with van der Waals surface area (Å²) < 4.78 is 26.8. The van der Waals surface area contributed by atoms with E-state index in [1.807, 2.05) is 47.4 Å². The summed E-state index contributed by atoms with van der Waals surface area (Å²) in [5, 5.41) is 46.3. The number of aliphatic hydroxyl groups excluding tert-OH is 3. The van der Waals surface area contributed by atoms with Gasteiger partial charge in [-0.25, -0.2) is 0 Å². The van der Waals surface area contributed by atoms with Gasteiger partial charge < -0.3 is 44.0 Å².